The molecular weight excluding hydrogens is 226 g/mol. The summed E-state index contributed by atoms with van der Waals surface area (Å²) in [6.07, 6.45) is 0. The first-order valence-corrected chi connectivity index (χ1v) is 4.88. The molecule has 0 aromatic carbocycles. The molecule has 1 rings (SSSR count). The maximum atomic E-state index is 8.78. The predicted molar refractivity (Wildman–Crippen MR) is 50.8 cm³/mol. The van der Waals surface area contributed by atoms with E-state index in [1.165, 1.54) is 4.88 Å². The number of hydrogen-bond acceptors (Lipinski definition) is 3. The summed E-state index contributed by atoms with van der Waals surface area (Å²) < 4.78 is 1.00. The van der Waals surface area contributed by atoms with E-state index in [0.29, 0.717) is 0 Å². The Morgan fingerprint density at radius 2 is 2.45 bits per heavy atom. The summed E-state index contributed by atoms with van der Waals surface area (Å²) in [6, 6.07) is 1.76. The second-order valence-corrected chi connectivity index (χ2v) is 4.50. The van der Waals surface area contributed by atoms with Gasteiger partial charge in [0.2, 0.25) is 0 Å². The Morgan fingerprint density at radius 1 is 1.82 bits per heavy atom. The zero-order valence-electron chi connectivity index (χ0n) is 6.17. The van der Waals surface area contributed by atoms with Gasteiger partial charge in [0.05, 0.1) is 12.6 Å². The summed E-state index contributed by atoms with van der Waals surface area (Å²) in [5.41, 5.74) is 5.64. The van der Waals surface area contributed by atoms with Gasteiger partial charge in [-0.3, -0.25) is 0 Å². The van der Waals surface area contributed by atoms with E-state index >= 15 is 0 Å². The lowest BCUT2D eigenvalue weighted by molar-refractivity contribution is 0.269. The van der Waals surface area contributed by atoms with Gasteiger partial charge >= 0.3 is 0 Å². The number of aliphatic hydroxyl groups is 1. The van der Waals surface area contributed by atoms with Crippen LogP contribution in [0.25, 0.3) is 0 Å². The molecule has 0 radical (unpaired) electrons. The number of rotatable bonds is 2. The van der Waals surface area contributed by atoms with Gasteiger partial charge in [-0.05, 0) is 28.9 Å². The smallest absolute Gasteiger partial charge is 0.0636 e. The summed E-state index contributed by atoms with van der Waals surface area (Å²) in [6.45, 7) is 2.02. The monoisotopic (exact) mass is 235 g/mol. The normalized spacial score (nSPS) is 13.5. The van der Waals surface area contributed by atoms with Crippen molar-refractivity contribution in [3.05, 3.63) is 20.3 Å². The van der Waals surface area contributed by atoms with Gasteiger partial charge in [-0.1, -0.05) is 0 Å². The summed E-state index contributed by atoms with van der Waals surface area (Å²) in [7, 11) is 0. The first kappa shape index (κ1) is 9.19. The van der Waals surface area contributed by atoms with Gasteiger partial charge in [0.15, 0.2) is 0 Å². The zero-order valence-corrected chi connectivity index (χ0v) is 8.58. The molecule has 4 heteroatoms. The van der Waals surface area contributed by atoms with Crippen molar-refractivity contribution in [2.24, 2.45) is 5.73 Å². The van der Waals surface area contributed by atoms with Gasteiger partial charge in [0.25, 0.3) is 0 Å². The Hall–Kier alpha value is 0.1000. The van der Waals surface area contributed by atoms with E-state index in [1.54, 1.807) is 11.3 Å². The zero-order chi connectivity index (χ0) is 8.43. The lowest BCUT2D eigenvalue weighted by atomic mass is 10.3. The fraction of sp³-hybridized carbons (Fsp3) is 0.429. The van der Waals surface area contributed by atoms with Gasteiger partial charge < -0.3 is 10.8 Å². The highest BCUT2D eigenvalue weighted by Gasteiger charge is 2.11. The van der Waals surface area contributed by atoms with Crippen LogP contribution in [0.2, 0.25) is 0 Å². The van der Waals surface area contributed by atoms with Gasteiger partial charge in [-0.2, -0.15) is 0 Å². The molecular formula is C7H10BrNOS. The van der Waals surface area contributed by atoms with Crippen LogP contribution in [0.5, 0.6) is 0 Å². The number of nitrogens with two attached hydrogens (primary N) is 1. The van der Waals surface area contributed by atoms with Crippen molar-refractivity contribution in [3.63, 3.8) is 0 Å². The Bertz CT molecular complexity index is 249. The van der Waals surface area contributed by atoms with Crippen LogP contribution in [-0.2, 0) is 0 Å². The number of hydrogen-bond donors (Lipinski definition) is 2. The molecule has 1 heterocycles. The van der Waals surface area contributed by atoms with Crippen molar-refractivity contribution in [2.75, 3.05) is 6.61 Å². The van der Waals surface area contributed by atoms with E-state index < -0.39 is 0 Å². The maximum absolute atomic E-state index is 8.78. The number of thiophene rings is 1. The van der Waals surface area contributed by atoms with Gasteiger partial charge in [-0.15, -0.1) is 11.3 Å². The van der Waals surface area contributed by atoms with Crippen LogP contribution >= 0.6 is 27.3 Å². The molecule has 0 unspecified atom stereocenters. The van der Waals surface area contributed by atoms with Crippen LogP contribution in [0, 0.1) is 6.92 Å². The second kappa shape index (κ2) is 3.67. The molecule has 0 bridgehead atoms. The van der Waals surface area contributed by atoms with Crippen LogP contribution in [0.3, 0.4) is 0 Å². The predicted octanol–water partition coefficient (Wildman–Crippen LogP) is 1.81. The molecule has 2 nitrogen and oxygen atoms in total. The van der Waals surface area contributed by atoms with Crippen molar-refractivity contribution < 1.29 is 5.11 Å². The molecule has 0 fully saturated rings. The van der Waals surface area contributed by atoms with Crippen molar-refractivity contribution in [1.82, 2.24) is 0 Å². The molecule has 0 saturated carbocycles. The quantitative estimate of drug-likeness (QED) is 0.822. The van der Waals surface area contributed by atoms with Gasteiger partial charge in [0, 0.05) is 14.2 Å². The van der Waals surface area contributed by atoms with Crippen LogP contribution < -0.4 is 5.73 Å². The third kappa shape index (κ3) is 2.02. The van der Waals surface area contributed by atoms with E-state index in [1.807, 2.05) is 13.0 Å². The van der Waals surface area contributed by atoms with E-state index in [-0.39, 0.29) is 12.6 Å². The van der Waals surface area contributed by atoms with Crippen molar-refractivity contribution >= 4 is 27.3 Å². The van der Waals surface area contributed by atoms with E-state index in [9.17, 15) is 0 Å². The lowest BCUT2D eigenvalue weighted by Gasteiger charge is -2.04. The average Bonchev–Trinajstić information content (AvgIpc) is 2.28. The molecule has 0 aliphatic heterocycles. The summed E-state index contributed by atoms with van der Waals surface area (Å²) >= 11 is 4.99. The molecule has 0 aliphatic carbocycles. The Morgan fingerprint density at radius 3 is 2.82 bits per heavy atom. The third-order valence-corrected chi connectivity index (χ3v) is 3.47. The van der Waals surface area contributed by atoms with Crippen LogP contribution in [0.1, 0.15) is 15.8 Å². The maximum Gasteiger partial charge on any atom is 0.0636 e. The standard InChI is InChI=1S/C7H10BrNOS/c1-4-2-5(8)7(11-4)6(9)3-10/h2,6,10H,3,9H2,1H3/t6-/m0/s1. The van der Waals surface area contributed by atoms with Gasteiger partial charge in [-0.25, -0.2) is 0 Å². The van der Waals surface area contributed by atoms with Crippen LogP contribution in [0.4, 0.5) is 0 Å². The van der Waals surface area contributed by atoms with Gasteiger partial charge in [0.1, 0.15) is 0 Å². The highest BCUT2D eigenvalue weighted by Crippen LogP contribution is 2.30. The number of aliphatic hydroxyl groups excluding tert-OH is 1. The van der Waals surface area contributed by atoms with E-state index in [2.05, 4.69) is 15.9 Å². The molecule has 0 saturated heterocycles. The molecule has 0 aliphatic rings. The highest BCUT2D eigenvalue weighted by atomic mass is 79.9. The molecule has 0 spiro atoms. The fourth-order valence-electron chi connectivity index (χ4n) is 0.837. The average molecular weight is 236 g/mol. The van der Waals surface area contributed by atoms with E-state index in [0.717, 1.165) is 9.35 Å². The van der Waals surface area contributed by atoms with Crippen molar-refractivity contribution in [3.8, 4) is 0 Å². The molecule has 1 aromatic rings. The Balaban J connectivity index is 2.93. The first-order chi connectivity index (χ1) is 5.15. The summed E-state index contributed by atoms with van der Waals surface area (Å²) in [5.74, 6) is 0. The third-order valence-electron chi connectivity index (χ3n) is 1.37. The summed E-state index contributed by atoms with van der Waals surface area (Å²) in [4.78, 5) is 2.22. The molecule has 3 N–H and O–H groups in total. The van der Waals surface area contributed by atoms with Crippen molar-refractivity contribution in [2.45, 2.75) is 13.0 Å². The minimum Gasteiger partial charge on any atom is -0.394 e. The lowest BCUT2D eigenvalue weighted by Crippen LogP contribution is -2.13. The van der Waals surface area contributed by atoms with E-state index in [4.69, 9.17) is 10.8 Å². The first-order valence-electron chi connectivity index (χ1n) is 3.27. The largest absolute Gasteiger partial charge is 0.394 e. The molecule has 62 valence electrons. The Kier molecular flexibility index (Phi) is 3.06. The minimum atomic E-state index is -0.247. The Labute approximate surface area is 78.2 Å². The van der Waals surface area contributed by atoms with Crippen LogP contribution in [0.15, 0.2) is 10.5 Å². The second-order valence-electron chi connectivity index (χ2n) is 2.36. The molecule has 1 aromatic heterocycles. The summed E-state index contributed by atoms with van der Waals surface area (Å²) in [5, 5.41) is 8.78. The SMILES string of the molecule is Cc1cc(Br)c([C@@H](N)CO)s1. The number of halogens is 1. The molecule has 0 amide bonds. The topological polar surface area (TPSA) is 46.2 Å². The fourth-order valence-corrected chi connectivity index (χ4v) is 2.77. The molecule has 11 heavy (non-hydrogen) atoms. The van der Waals surface area contributed by atoms with Crippen molar-refractivity contribution in [1.29, 1.82) is 0 Å². The minimum absolute atomic E-state index is 0.00144. The number of aryl methyl sites for hydroxylation is 1. The molecule has 1 atom stereocenters. The highest BCUT2D eigenvalue weighted by molar-refractivity contribution is 9.10. The van der Waals surface area contributed by atoms with Crippen LogP contribution in [-0.4, -0.2) is 11.7 Å².